The summed E-state index contributed by atoms with van der Waals surface area (Å²) in [6, 6.07) is 9.64. The molecular weight excluding hydrogens is 284 g/mol. The first kappa shape index (κ1) is 13.8. The summed E-state index contributed by atoms with van der Waals surface area (Å²) in [5.41, 5.74) is 0.434. The first-order valence-corrected chi connectivity index (χ1v) is 5.89. The number of hydrogen-bond acceptors (Lipinski definition) is 4. The molecule has 6 nitrogen and oxygen atoms in total. The number of carbonyl (C=O) groups is 1. The molecule has 0 aliphatic carbocycles. The number of nitrogens with one attached hydrogen (secondary N) is 1. The van der Waals surface area contributed by atoms with E-state index in [1.54, 1.807) is 0 Å². The number of phenols is 1. The fraction of sp³-hybridized carbons (Fsp3) is 0. The number of nitro groups is 1. The lowest BCUT2D eigenvalue weighted by atomic mass is 10.2. The molecule has 1 amide bonds. The lowest BCUT2D eigenvalue weighted by Gasteiger charge is -2.05. The number of anilines is 1. The molecule has 2 rings (SSSR count). The van der Waals surface area contributed by atoms with Crippen LogP contribution in [0.2, 0.25) is 5.02 Å². The molecule has 0 unspecified atom stereocenters. The maximum Gasteiger partial charge on any atom is 0.287 e. The van der Waals surface area contributed by atoms with Crippen molar-refractivity contribution in [2.75, 3.05) is 5.32 Å². The van der Waals surface area contributed by atoms with Crippen molar-refractivity contribution < 1.29 is 14.8 Å². The molecule has 20 heavy (non-hydrogen) atoms. The van der Waals surface area contributed by atoms with Crippen LogP contribution in [0.25, 0.3) is 0 Å². The molecule has 2 aromatic rings. The van der Waals surface area contributed by atoms with Gasteiger partial charge >= 0.3 is 0 Å². The molecule has 0 saturated carbocycles. The highest BCUT2D eigenvalue weighted by atomic mass is 35.5. The number of nitro benzene ring substituents is 1. The number of halogens is 1. The first-order valence-electron chi connectivity index (χ1n) is 5.51. The monoisotopic (exact) mass is 292 g/mol. The van der Waals surface area contributed by atoms with Crippen LogP contribution in [0.1, 0.15) is 10.4 Å². The van der Waals surface area contributed by atoms with Crippen LogP contribution in [-0.2, 0) is 0 Å². The van der Waals surface area contributed by atoms with E-state index in [9.17, 15) is 14.9 Å². The van der Waals surface area contributed by atoms with Crippen molar-refractivity contribution in [3.8, 4) is 5.75 Å². The molecule has 7 heteroatoms. The van der Waals surface area contributed by atoms with Crippen molar-refractivity contribution in [1.29, 1.82) is 0 Å². The Labute approximate surface area is 118 Å². The Morgan fingerprint density at radius 2 is 1.85 bits per heavy atom. The van der Waals surface area contributed by atoms with Crippen molar-refractivity contribution in [3.05, 3.63) is 63.2 Å². The van der Waals surface area contributed by atoms with E-state index in [4.69, 9.17) is 16.7 Å². The van der Waals surface area contributed by atoms with E-state index in [1.165, 1.54) is 42.5 Å². The van der Waals surface area contributed by atoms with Gasteiger partial charge in [0.05, 0.1) is 4.92 Å². The van der Waals surface area contributed by atoms with E-state index in [-0.39, 0.29) is 22.0 Å². The van der Waals surface area contributed by atoms with Crippen molar-refractivity contribution >= 4 is 28.9 Å². The number of hydrogen-bond donors (Lipinski definition) is 2. The molecule has 0 heterocycles. The summed E-state index contributed by atoms with van der Waals surface area (Å²) in [6.07, 6.45) is 0. The average Bonchev–Trinajstić information content (AvgIpc) is 2.40. The molecule has 0 radical (unpaired) electrons. The highest BCUT2D eigenvalue weighted by Crippen LogP contribution is 2.25. The predicted octanol–water partition coefficient (Wildman–Crippen LogP) is 3.21. The molecule has 2 N–H and O–H groups in total. The maximum atomic E-state index is 11.9. The minimum Gasteiger partial charge on any atom is -0.508 e. The number of rotatable bonds is 3. The van der Waals surface area contributed by atoms with Gasteiger partial charge in [-0.3, -0.25) is 14.9 Å². The first-order chi connectivity index (χ1) is 9.47. The second-order valence-electron chi connectivity index (χ2n) is 3.92. The molecule has 0 spiro atoms. The van der Waals surface area contributed by atoms with Crippen LogP contribution in [-0.4, -0.2) is 15.9 Å². The highest BCUT2D eigenvalue weighted by molar-refractivity contribution is 6.33. The molecule has 0 aliphatic heterocycles. The average molecular weight is 293 g/mol. The standard InChI is InChI=1S/C13H9ClN2O4/c14-11-7-8(1-6-12(11)16(19)20)13(18)15-9-2-4-10(17)5-3-9/h1-7,17H,(H,15,18). The molecule has 0 atom stereocenters. The van der Waals surface area contributed by atoms with Gasteiger partial charge in [-0.25, -0.2) is 0 Å². The Morgan fingerprint density at radius 1 is 1.20 bits per heavy atom. The Balaban J connectivity index is 2.19. The largest absolute Gasteiger partial charge is 0.508 e. The van der Waals surface area contributed by atoms with Gasteiger partial charge in [-0.1, -0.05) is 11.6 Å². The zero-order valence-electron chi connectivity index (χ0n) is 10.0. The molecule has 0 aliphatic rings. The molecular formula is C13H9ClN2O4. The third-order valence-electron chi connectivity index (χ3n) is 2.53. The number of carbonyl (C=O) groups excluding carboxylic acids is 1. The van der Waals surface area contributed by atoms with Gasteiger partial charge in [0.2, 0.25) is 0 Å². The summed E-state index contributed by atoms with van der Waals surface area (Å²) < 4.78 is 0. The Hall–Kier alpha value is -2.60. The van der Waals surface area contributed by atoms with Gasteiger partial charge in [0, 0.05) is 17.3 Å². The van der Waals surface area contributed by atoms with Crippen molar-refractivity contribution in [3.63, 3.8) is 0 Å². The quantitative estimate of drug-likeness (QED) is 0.516. The molecule has 0 bridgehead atoms. The smallest absolute Gasteiger partial charge is 0.287 e. The topological polar surface area (TPSA) is 92.5 Å². The van der Waals surface area contributed by atoms with Gasteiger partial charge < -0.3 is 10.4 Å². The lowest BCUT2D eigenvalue weighted by molar-refractivity contribution is -0.384. The fourth-order valence-electron chi connectivity index (χ4n) is 1.54. The second kappa shape index (κ2) is 5.58. The van der Waals surface area contributed by atoms with Crippen LogP contribution in [0.3, 0.4) is 0 Å². The van der Waals surface area contributed by atoms with Gasteiger partial charge in [0.1, 0.15) is 10.8 Å². The van der Waals surface area contributed by atoms with Crippen LogP contribution in [0.5, 0.6) is 5.75 Å². The van der Waals surface area contributed by atoms with Crippen LogP contribution < -0.4 is 5.32 Å². The van der Waals surface area contributed by atoms with Gasteiger partial charge in [0.15, 0.2) is 0 Å². The van der Waals surface area contributed by atoms with Gasteiger partial charge in [-0.2, -0.15) is 0 Å². The van der Waals surface area contributed by atoms with Crippen LogP contribution in [0.15, 0.2) is 42.5 Å². The zero-order valence-corrected chi connectivity index (χ0v) is 10.8. The molecule has 0 fully saturated rings. The minimum atomic E-state index is -0.621. The van der Waals surface area contributed by atoms with E-state index >= 15 is 0 Å². The van der Waals surface area contributed by atoms with Crippen molar-refractivity contribution in [1.82, 2.24) is 0 Å². The number of phenolic OH excluding ortho intramolecular Hbond substituents is 1. The number of nitrogens with zero attached hydrogens (tertiary/aromatic N) is 1. The van der Waals surface area contributed by atoms with Gasteiger partial charge in [0.25, 0.3) is 11.6 Å². The number of benzene rings is 2. The van der Waals surface area contributed by atoms with E-state index in [0.29, 0.717) is 5.69 Å². The van der Waals surface area contributed by atoms with Crippen molar-refractivity contribution in [2.45, 2.75) is 0 Å². The van der Waals surface area contributed by atoms with Crippen LogP contribution in [0.4, 0.5) is 11.4 Å². The summed E-state index contributed by atoms with van der Waals surface area (Å²) in [7, 11) is 0. The lowest BCUT2D eigenvalue weighted by Crippen LogP contribution is -2.11. The SMILES string of the molecule is O=C(Nc1ccc(O)cc1)c1ccc([N+](=O)[O-])c(Cl)c1. The molecule has 0 saturated heterocycles. The summed E-state index contributed by atoms with van der Waals surface area (Å²) in [6.45, 7) is 0. The van der Waals surface area contributed by atoms with Crippen molar-refractivity contribution in [2.24, 2.45) is 0 Å². The Bertz CT molecular complexity index is 671. The number of aromatic hydroxyl groups is 1. The highest BCUT2D eigenvalue weighted by Gasteiger charge is 2.15. The molecule has 0 aromatic heterocycles. The second-order valence-corrected chi connectivity index (χ2v) is 4.33. The minimum absolute atomic E-state index is 0.0846. The third-order valence-corrected chi connectivity index (χ3v) is 2.83. The van der Waals surface area contributed by atoms with Crippen LogP contribution >= 0.6 is 11.6 Å². The predicted molar refractivity (Wildman–Crippen MR) is 74.2 cm³/mol. The third kappa shape index (κ3) is 3.04. The van der Waals surface area contributed by atoms with E-state index in [2.05, 4.69) is 5.32 Å². The summed E-state index contributed by atoms with van der Waals surface area (Å²) >= 11 is 5.74. The van der Waals surface area contributed by atoms with Gasteiger partial charge in [-0.05, 0) is 36.4 Å². The van der Waals surface area contributed by atoms with E-state index in [0.717, 1.165) is 0 Å². The normalized spacial score (nSPS) is 10.1. The fourth-order valence-corrected chi connectivity index (χ4v) is 1.79. The number of amides is 1. The molecule has 102 valence electrons. The Morgan fingerprint density at radius 3 is 2.40 bits per heavy atom. The van der Waals surface area contributed by atoms with E-state index in [1.807, 2.05) is 0 Å². The summed E-state index contributed by atoms with van der Waals surface area (Å²) in [5, 5.41) is 22.2. The van der Waals surface area contributed by atoms with Gasteiger partial charge in [-0.15, -0.1) is 0 Å². The zero-order chi connectivity index (χ0) is 14.7. The van der Waals surface area contributed by atoms with E-state index < -0.39 is 10.8 Å². The maximum absolute atomic E-state index is 11.9. The summed E-state index contributed by atoms with van der Waals surface area (Å²) in [5.74, 6) is -0.367. The Kier molecular flexibility index (Phi) is 3.86. The summed E-state index contributed by atoms with van der Waals surface area (Å²) in [4.78, 5) is 21.9. The van der Waals surface area contributed by atoms with Crippen LogP contribution in [0, 0.1) is 10.1 Å². The molecule has 2 aromatic carbocycles.